The first-order chi connectivity index (χ1) is 9.19. The molecule has 1 aromatic rings. The number of nitrogens with zero attached hydrogens (tertiary/aromatic N) is 1. The molecule has 1 N–H and O–H groups in total. The van der Waals surface area contributed by atoms with Crippen LogP contribution in [0.1, 0.15) is 36.0 Å². The molecule has 1 saturated heterocycles. The molecule has 1 heterocycles. The Balaban J connectivity index is 1.89. The molecule has 1 aliphatic rings. The van der Waals surface area contributed by atoms with Crippen molar-refractivity contribution in [3.05, 3.63) is 34.9 Å². The minimum absolute atomic E-state index is 0.882. The van der Waals surface area contributed by atoms with Crippen LogP contribution in [0, 0.1) is 19.8 Å². The molecule has 1 atom stereocenters. The zero-order valence-electron chi connectivity index (χ0n) is 12.7. The van der Waals surface area contributed by atoms with E-state index >= 15 is 0 Å². The predicted octanol–water partition coefficient (Wildman–Crippen LogP) is 3.12. The van der Waals surface area contributed by atoms with E-state index in [1.54, 1.807) is 0 Å². The summed E-state index contributed by atoms with van der Waals surface area (Å²) in [6.07, 6.45) is 4.09. The molecule has 19 heavy (non-hydrogen) atoms. The number of benzene rings is 1. The summed E-state index contributed by atoms with van der Waals surface area (Å²) < 4.78 is 0. The minimum Gasteiger partial charge on any atom is -0.320 e. The zero-order valence-corrected chi connectivity index (χ0v) is 12.7. The van der Waals surface area contributed by atoms with Gasteiger partial charge in [-0.1, -0.05) is 18.2 Å². The quantitative estimate of drug-likeness (QED) is 0.875. The van der Waals surface area contributed by atoms with Crippen molar-refractivity contribution in [2.24, 2.45) is 5.92 Å². The van der Waals surface area contributed by atoms with Gasteiger partial charge in [0.1, 0.15) is 0 Å². The van der Waals surface area contributed by atoms with E-state index in [0.717, 1.165) is 19.0 Å². The van der Waals surface area contributed by atoms with Crippen molar-refractivity contribution in [3.8, 4) is 0 Å². The van der Waals surface area contributed by atoms with Crippen LogP contribution in [-0.2, 0) is 6.54 Å². The van der Waals surface area contributed by atoms with Gasteiger partial charge in [0.05, 0.1) is 0 Å². The molecule has 1 fully saturated rings. The highest BCUT2D eigenvalue weighted by atomic mass is 15.1. The Hall–Kier alpha value is -0.860. The average Bonchev–Trinajstić information content (AvgIpc) is 2.41. The summed E-state index contributed by atoms with van der Waals surface area (Å²) in [6, 6.07) is 6.90. The van der Waals surface area contributed by atoms with Crippen molar-refractivity contribution in [1.82, 2.24) is 10.2 Å². The Bertz CT molecular complexity index is 400. The molecular formula is C17H28N2. The van der Waals surface area contributed by atoms with Gasteiger partial charge in [-0.25, -0.2) is 0 Å². The van der Waals surface area contributed by atoms with Crippen molar-refractivity contribution >= 4 is 0 Å². The largest absolute Gasteiger partial charge is 0.320 e. The van der Waals surface area contributed by atoms with Crippen LogP contribution in [0.3, 0.4) is 0 Å². The van der Waals surface area contributed by atoms with Crippen LogP contribution in [0.25, 0.3) is 0 Å². The van der Waals surface area contributed by atoms with E-state index in [1.165, 1.54) is 49.0 Å². The van der Waals surface area contributed by atoms with Crippen molar-refractivity contribution in [2.45, 2.75) is 39.7 Å². The third kappa shape index (κ3) is 4.32. The lowest BCUT2D eigenvalue weighted by Gasteiger charge is -2.33. The Labute approximate surface area is 118 Å². The minimum atomic E-state index is 0.882. The predicted molar refractivity (Wildman–Crippen MR) is 82.5 cm³/mol. The molecule has 0 aromatic heterocycles. The fourth-order valence-electron chi connectivity index (χ4n) is 3.04. The van der Waals surface area contributed by atoms with Crippen LogP contribution in [0.5, 0.6) is 0 Å². The molecule has 1 aromatic carbocycles. The van der Waals surface area contributed by atoms with Gasteiger partial charge in [-0.3, -0.25) is 4.90 Å². The van der Waals surface area contributed by atoms with Crippen molar-refractivity contribution < 1.29 is 0 Å². The van der Waals surface area contributed by atoms with E-state index in [4.69, 9.17) is 0 Å². The number of aryl methyl sites for hydroxylation is 2. The Morgan fingerprint density at radius 2 is 2.11 bits per heavy atom. The lowest BCUT2D eigenvalue weighted by molar-refractivity contribution is 0.162. The van der Waals surface area contributed by atoms with Gasteiger partial charge in [0.2, 0.25) is 0 Å². The number of nitrogens with one attached hydrogen (secondary N) is 1. The summed E-state index contributed by atoms with van der Waals surface area (Å²) in [5.74, 6) is 0.882. The second kappa shape index (κ2) is 7.06. The van der Waals surface area contributed by atoms with E-state index in [9.17, 15) is 0 Å². The van der Waals surface area contributed by atoms with E-state index in [1.807, 2.05) is 0 Å². The van der Waals surface area contributed by atoms with Gasteiger partial charge < -0.3 is 5.32 Å². The average molecular weight is 260 g/mol. The van der Waals surface area contributed by atoms with Gasteiger partial charge in [-0.15, -0.1) is 0 Å². The number of hydrogen-bond acceptors (Lipinski definition) is 2. The van der Waals surface area contributed by atoms with Gasteiger partial charge in [-0.05, 0) is 75.9 Å². The second-order valence-electron chi connectivity index (χ2n) is 6.05. The maximum atomic E-state index is 3.27. The van der Waals surface area contributed by atoms with Crippen LogP contribution in [0.2, 0.25) is 0 Å². The first kappa shape index (κ1) is 14.5. The maximum absolute atomic E-state index is 3.27. The standard InChI is InChI=1S/C17H28N2/c1-14-6-7-17(11-15(14)2)13-19-10-4-5-16(12-19)8-9-18-3/h6-7,11,16,18H,4-5,8-10,12-13H2,1-3H3. The van der Waals surface area contributed by atoms with Crippen molar-refractivity contribution in [1.29, 1.82) is 0 Å². The second-order valence-corrected chi connectivity index (χ2v) is 6.05. The molecule has 0 saturated carbocycles. The molecule has 0 aliphatic carbocycles. The summed E-state index contributed by atoms with van der Waals surface area (Å²) in [5, 5.41) is 3.27. The highest BCUT2D eigenvalue weighted by Gasteiger charge is 2.19. The highest BCUT2D eigenvalue weighted by molar-refractivity contribution is 5.29. The molecule has 2 rings (SSSR count). The molecule has 106 valence electrons. The molecule has 2 nitrogen and oxygen atoms in total. The molecule has 1 aliphatic heterocycles. The molecule has 0 radical (unpaired) electrons. The van der Waals surface area contributed by atoms with E-state index in [0.29, 0.717) is 0 Å². The van der Waals surface area contributed by atoms with Crippen LogP contribution >= 0.6 is 0 Å². The summed E-state index contributed by atoms with van der Waals surface area (Å²) in [5.41, 5.74) is 4.29. The smallest absolute Gasteiger partial charge is 0.0233 e. The fourth-order valence-corrected chi connectivity index (χ4v) is 3.04. The monoisotopic (exact) mass is 260 g/mol. The molecule has 1 unspecified atom stereocenters. The maximum Gasteiger partial charge on any atom is 0.0233 e. The van der Waals surface area contributed by atoms with Gasteiger partial charge in [0, 0.05) is 13.1 Å². The summed E-state index contributed by atoms with van der Waals surface area (Å²) >= 11 is 0. The zero-order chi connectivity index (χ0) is 13.7. The highest BCUT2D eigenvalue weighted by Crippen LogP contribution is 2.21. The van der Waals surface area contributed by atoms with Gasteiger partial charge in [0.25, 0.3) is 0 Å². The van der Waals surface area contributed by atoms with Gasteiger partial charge in [-0.2, -0.15) is 0 Å². The first-order valence-electron chi connectivity index (χ1n) is 7.62. The Morgan fingerprint density at radius 1 is 1.26 bits per heavy atom. The molecule has 0 spiro atoms. The topological polar surface area (TPSA) is 15.3 Å². The number of likely N-dealkylation sites (tertiary alicyclic amines) is 1. The Morgan fingerprint density at radius 3 is 2.84 bits per heavy atom. The van der Waals surface area contributed by atoms with Gasteiger partial charge in [0.15, 0.2) is 0 Å². The number of hydrogen-bond donors (Lipinski definition) is 1. The third-order valence-corrected chi connectivity index (χ3v) is 4.38. The summed E-state index contributed by atoms with van der Waals surface area (Å²) in [6.45, 7) is 9.22. The van der Waals surface area contributed by atoms with Crippen LogP contribution in [-0.4, -0.2) is 31.6 Å². The van der Waals surface area contributed by atoms with Crippen LogP contribution < -0.4 is 5.32 Å². The summed E-state index contributed by atoms with van der Waals surface area (Å²) in [4.78, 5) is 2.63. The SMILES string of the molecule is CNCCC1CCCN(Cc2ccc(C)c(C)c2)C1. The molecular weight excluding hydrogens is 232 g/mol. The van der Waals surface area contributed by atoms with Crippen molar-refractivity contribution in [3.63, 3.8) is 0 Å². The van der Waals surface area contributed by atoms with Gasteiger partial charge >= 0.3 is 0 Å². The molecule has 0 bridgehead atoms. The number of piperidine rings is 1. The van der Waals surface area contributed by atoms with Crippen LogP contribution in [0.15, 0.2) is 18.2 Å². The van der Waals surface area contributed by atoms with Crippen LogP contribution in [0.4, 0.5) is 0 Å². The normalized spacial score (nSPS) is 20.7. The van der Waals surface area contributed by atoms with E-state index in [2.05, 4.69) is 49.3 Å². The molecule has 0 amide bonds. The van der Waals surface area contributed by atoms with Crippen molar-refractivity contribution in [2.75, 3.05) is 26.7 Å². The first-order valence-corrected chi connectivity index (χ1v) is 7.62. The fraction of sp³-hybridized carbons (Fsp3) is 0.647. The van der Waals surface area contributed by atoms with E-state index in [-0.39, 0.29) is 0 Å². The van der Waals surface area contributed by atoms with E-state index < -0.39 is 0 Å². The lowest BCUT2D eigenvalue weighted by Crippen LogP contribution is -2.35. The summed E-state index contributed by atoms with van der Waals surface area (Å²) in [7, 11) is 2.05. The Kier molecular flexibility index (Phi) is 5.41. The lowest BCUT2D eigenvalue weighted by atomic mass is 9.94. The molecule has 2 heteroatoms. The third-order valence-electron chi connectivity index (χ3n) is 4.38. The number of rotatable bonds is 5.